The maximum absolute atomic E-state index is 15.1. The lowest BCUT2D eigenvalue weighted by Gasteiger charge is -2.11. The van der Waals surface area contributed by atoms with E-state index in [9.17, 15) is 13.4 Å². The number of aromatic amines is 1. The first-order valence-electron chi connectivity index (χ1n) is 10.3. The largest absolute Gasteiger partial charge is 0.300 e. The van der Waals surface area contributed by atoms with Gasteiger partial charge in [-0.25, -0.2) is 18.0 Å². The molecule has 4 N–H and O–H groups in total. The minimum Gasteiger partial charge on any atom is -0.300 e. The van der Waals surface area contributed by atoms with Crippen molar-refractivity contribution < 1.29 is 17.8 Å². The normalized spacial score (nSPS) is 12.1. The zero-order chi connectivity index (χ0) is 24.4. The molecule has 0 amide bonds. The molecule has 2 aromatic carbocycles. The van der Waals surface area contributed by atoms with Crippen LogP contribution in [0.2, 0.25) is 0 Å². The van der Waals surface area contributed by atoms with E-state index in [0.29, 0.717) is 11.8 Å². The van der Waals surface area contributed by atoms with Gasteiger partial charge in [-0.2, -0.15) is 5.10 Å². The molecule has 0 bridgehead atoms. The number of aromatic nitrogens is 3. The van der Waals surface area contributed by atoms with E-state index >= 15 is 4.39 Å². The SMILES string of the molecule is CCCS(=O)Nc1c(F)ccc(C(=O)c2[nH]nc3ncc(-c4ccc(SN)cc4C)cc23)c1F. The number of aryl methyl sites for hydroxylation is 1. The molecule has 0 aliphatic heterocycles. The number of hydrogen-bond donors (Lipinski definition) is 3. The third kappa shape index (κ3) is 4.59. The monoisotopic (exact) mass is 501 g/mol. The summed E-state index contributed by atoms with van der Waals surface area (Å²) in [7, 11) is -1.68. The molecule has 0 aliphatic carbocycles. The second kappa shape index (κ2) is 10.00. The number of nitrogens with two attached hydrogens (primary N) is 1. The lowest BCUT2D eigenvalue weighted by molar-refractivity contribution is 0.103. The predicted octanol–water partition coefficient (Wildman–Crippen LogP) is 4.89. The first-order valence-corrected chi connectivity index (χ1v) is 12.5. The highest BCUT2D eigenvalue weighted by molar-refractivity contribution is 7.97. The standard InChI is InChI=1S/C23H21F2N5O2S2/c1-3-8-34(32)30-21-18(24)7-6-16(19(21)25)22(31)20-17-10-13(11-27-23(17)29-28-20)15-5-4-14(33-26)9-12(15)2/h4-7,9-11,30H,3,8,26H2,1-2H3,(H,27,28,29). The van der Waals surface area contributed by atoms with Crippen LogP contribution in [-0.4, -0.2) is 30.9 Å². The van der Waals surface area contributed by atoms with Crippen molar-refractivity contribution >= 4 is 45.4 Å². The van der Waals surface area contributed by atoms with Gasteiger partial charge in [0.05, 0.1) is 10.9 Å². The summed E-state index contributed by atoms with van der Waals surface area (Å²) in [5.41, 5.74) is 1.91. The fourth-order valence-corrected chi connectivity index (χ4v) is 4.84. The van der Waals surface area contributed by atoms with Crippen molar-refractivity contribution in [3.05, 3.63) is 71.1 Å². The van der Waals surface area contributed by atoms with Crippen LogP contribution in [0.1, 0.15) is 35.0 Å². The fourth-order valence-electron chi connectivity index (χ4n) is 3.56. The zero-order valence-electron chi connectivity index (χ0n) is 18.3. The van der Waals surface area contributed by atoms with E-state index in [1.54, 1.807) is 19.2 Å². The van der Waals surface area contributed by atoms with Crippen molar-refractivity contribution in [2.24, 2.45) is 5.14 Å². The van der Waals surface area contributed by atoms with Gasteiger partial charge in [0.1, 0.15) is 28.2 Å². The Morgan fingerprint density at radius 2 is 2.03 bits per heavy atom. The molecule has 0 radical (unpaired) electrons. The molecule has 0 saturated carbocycles. The third-order valence-electron chi connectivity index (χ3n) is 5.22. The number of hydrogen-bond acceptors (Lipinski definition) is 6. The molecular formula is C23H21F2N5O2S2. The Labute approximate surface area is 201 Å². The van der Waals surface area contributed by atoms with E-state index in [1.807, 2.05) is 25.1 Å². The van der Waals surface area contributed by atoms with E-state index in [2.05, 4.69) is 19.9 Å². The minimum atomic E-state index is -1.68. The number of pyridine rings is 1. The van der Waals surface area contributed by atoms with Gasteiger partial charge >= 0.3 is 0 Å². The minimum absolute atomic E-state index is 0.0160. The summed E-state index contributed by atoms with van der Waals surface area (Å²) >= 11 is 1.14. The summed E-state index contributed by atoms with van der Waals surface area (Å²) in [4.78, 5) is 18.5. The quantitative estimate of drug-likeness (QED) is 0.234. The molecule has 4 aromatic rings. The van der Waals surface area contributed by atoms with Gasteiger partial charge in [0.2, 0.25) is 5.78 Å². The van der Waals surface area contributed by atoms with Gasteiger partial charge in [-0.1, -0.05) is 13.0 Å². The molecule has 1 atom stereocenters. The van der Waals surface area contributed by atoms with Gasteiger partial charge in [0.25, 0.3) is 0 Å². The Balaban J connectivity index is 1.75. The van der Waals surface area contributed by atoms with Gasteiger partial charge in [-0.05, 0) is 66.8 Å². The molecule has 0 saturated heterocycles. The Morgan fingerprint density at radius 3 is 2.74 bits per heavy atom. The number of ketones is 1. The van der Waals surface area contributed by atoms with Crippen LogP contribution in [-0.2, 0) is 11.0 Å². The van der Waals surface area contributed by atoms with Gasteiger partial charge in [0, 0.05) is 22.4 Å². The van der Waals surface area contributed by atoms with E-state index in [1.165, 1.54) is 0 Å². The number of anilines is 1. The maximum atomic E-state index is 15.1. The lowest BCUT2D eigenvalue weighted by atomic mass is 9.99. The van der Waals surface area contributed by atoms with Gasteiger partial charge in [-0.15, -0.1) is 0 Å². The first kappa shape index (κ1) is 24.0. The number of benzene rings is 2. The topological polar surface area (TPSA) is 114 Å². The average Bonchev–Trinajstić information content (AvgIpc) is 3.24. The molecule has 0 aliphatic rings. The van der Waals surface area contributed by atoms with Crippen molar-refractivity contribution in [3.8, 4) is 11.1 Å². The lowest BCUT2D eigenvalue weighted by Crippen LogP contribution is -2.14. The van der Waals surface area contributed by atoms with Crippen LogP contribution in [0.5, 0.6) is 0 Å². The molecule has 0 spiro atoms. The van der Waals surface area contributed by atoms with E-state index < -0.39 is 34.1 Å². The van der Waals surface area contributed by atoms with E-state index in [-0.39, 0.29) is 22.7 Å². The number of halogens is 2. The van der Waals surface area contributed by atoms with Crippen LogP contribution in [0.15, 0.2) is 47.5 Å². The third-order valence-corrected chi connectivity index (χ3v) is 6.96. The van der Waals surface area contributed by atoms with Crippen LogP contribution in [0.3, 0.4) is 0 Å². The molecular weight excluding hydrogens is 480 g/mol. The summed E-state index contributed by atoms with van der Waals surface area (Å²) < 4.78 is 43.7. The molecule has 0 fully saturated rings. The summed E-state index contributed by atoms with van der Waals surface area (Å²) in [5.74, 6) is -2.57. The van der Waals surface area contributed by atoms with Crippen molar-refractivity contribution in [1.29, 1.82) is 0 Å². The number of H-pyrrole nitrogens is 1. The van der Waals surface area contributed by atoms with Gasteiger partial charge in [-0.3, -0.25) is 19.8 Å². The fraction of sp³-hybridized carbons (Fsp3) is 0.174. The molecule has 1 unspecified atom stereocenters. The predicted molar refractivity (Wildman–Crippen MR) is 131 cm³/mol. The second-order valence-corrected chi connectivity index (χ2v) is 9.56. The average molecular weight is 502 g/mol. The number of carbonyl (C=O) groups excluding carboxylic acids is 1. The number of fused-ring (bicyclic) bond motifs is 1. The molecule has 34 heavy (non-hydrogen) atoms. The maximum Gasteiger partial charge on any atom is 0.214 e. The summed E-state index contributed by atoms with van der Waals surface area (Å²) in [6, 6.07) is 9.49. The summed E-state index contributed by atoms with van der Waals surface area (Å²) in [6.07, 6.45) is 2.20. The Hall–Kier alpha value is -3.15. The second-order valence-electron chi connectivity index (χ2n) is 7.55. The Bertz CT molecular complexity index is 1420. The molecule has 4 rings (SSSR count). The molecule has 2 aromatic heterocycles. The number of nitrogens with zero attached hydrogens (tertiary/aromatic N) is 2. The smallest absolute Gasteiger partial charge is 0.214 e. The van der Waals surface area contributed by atoms with Crippen LogP contribution in [0.4, 0.5) is 14.5 Å². The van der Waals surface area contributed by atoms with Crippen LogP contribution >= 0.6 is 11.9 Å². The molecule has 176 valence electrons. The van der Waals surface area contributed by atoms with Crippen molar-refractivity contribution in [2.45, 2.75) is 25.2 Å². The van der Waals surface area contributed by atoms with Crippen LogP contribution < -0.4 is 9.86 Å². The van der Waals surface area contributed by atoms with Crippen molar-refractivity contribution in [1.82, 2.24) is 15.2 Å². The van der Waals surface area contributed by atoms with Crippen LogP contribution in [0, 0.1) is 18.6 Å². The summed E-state index contributed by atoms with van der Waals surface area (Å²) in [6.45, 7) is 3.73. The van der Waals surface area contributed by atoms with Crippen molar-refractivity contribution in [3.63, 3.8) is 0 Å². The molecule has 11 heteroatoms. The number of nitrogens with one attached hydrogen (secondary N) is 2. The summed E-state index contributed by atoms with van der Waals surface area (Å²) in [5, 5.41) is 12.7. The highest BCUT2D eigenvalue weighted by atomic mass is 32.2. The molecule has 2 heterocycles. The van der Waals surface area contributed by atoms with Gasteiger partial charge < -0.3 is 0 Å². The Morgan fingerprint density at radius 1 is 1.24 bits per heavy atom. The molecule has 7 nitrogen and oxygen atoms in total. The zero-order valence-corrected chi connectivity index (χ0v) is 19.9. The highest BCUT2D eigenvalue weighted by Crippen LogP contribution is 2.30. The van der Waals surface area contributed by atoms with Gasteiger partial charge in [0.15, 0.2) is 11.5 Å². The highest BCUT2D eigenvalue weighted by Gasteiger charge is 2.24. The van der Waals surface area contributed by atoms with E-state index in [0.717, 1.165) is 45.7 Å². The van der Waals surface area contributed by atoms with E-state index in [4.69, 9.17) is 5.14 Å². The first-order chi connectivity index (χ1) is 16.3. The van der Waals surface area contributed by atoms with Crippen LogP contribution in [0.25, 0.3) is 22.2 Å². The number of carbonyl (C=O) groups is 1. The Kier molecular flexibility index (Phi) is 7.05. The van der Waals surface area contributed by atoms with Crippen molar-refractivity contribution in [2.75, 3.05) is 10.5 Å². The number of rotatable bonds is 8.